The van der Waals surface area contributed by atoms with E-state index in [1.165, 1.54) is 0 Å². The molecule has 7 heavy (non-hydrogen) atoms. The summed E-state index contributed by atoms with van der Waals surface area (Å²) in [7, 11) is 0. The second-order valence-electron chi connectivity index (χ2n) is 0.842. The van der Waals surface area contributed by atoms with Crippen LogP contribution >= 0.6 is 15.9 Å². The Morgan fingerprint density at radius 3 is 1.43 bits per heavy atom. The van der Waals surface area contributed by atoms with Crippen molar-refractivity contribution in [1.29, 1.82) is 0 Å². The molecular weight excluding hydrogens is 180 g/mol. The van der Waals surface area contributed by atoms with E-state index in [2.05, 4.69) is 0 Å². The van der Waals surface area contributed by atoms with Crippen molar-refractivity contribution in [3.05, 3.63) is 0 Å². The van der Waals surface area contributed by atoms with Crippen molar-refractivity contribution in [2.45, 2.75) is 11.3 Å². The van der Waals surface area contributed by atoms with Crippen LogP contribution in [0, 0.1) is 0 Å². The number of halogens is 5. The lowest BCUT2D eigenvalue weighted by Crippen LogP contribution is -2.17. The van der Waals surface area contributed by atoms with E-state index >= 15 is 0 Å². The van der Waals surface area contributed by atoms with E-state index in [0.29, 0.717) is 0 Å². The Hall–Kier alpha value is 0.200. The van der Waals surface area contributed by atoms with Crippen LogP contribution in [0.1, 0.15) is 0 Å². The van der Waals surface area contributed by atoms with Gasteiger partial charge >= 0.3 is 6.18 Å². The van der Waals surface area contributed by atoms with Crippen molar-refractivity contribution < 1.29 is 17.6 Å². The minimum Gasteiger partial charge on any atom is -0.225 e. The molecule has 0 radical (unpaired) electrons. The highest BCUT2D eigenvalue weighted by atomic mass is 79.9. The fourth-order valence-electron chi connectivity index (χ4n) is 0. The third-order valence-electron chi connectivity index (χ3n) is 0.247. The van der Waals surface area contributed by atoms with Crippen molar-refractivity contribution in [1.82, 2.24) is 0 Å². The van der Waals surface area contributed by atoms with Gasteiger partial charge in [-0.3, -0.25) is 0 Å². The van der Waals surface area contributed by atoms with Crippen molar-refractivity contribution in [3.63, 3.8) is 0 Å². The highest BCUT2D eigenvalue weighted by molar-refractivity contribution is 9.09. The molecule has 0 N–H and O–H groups in total. The van der Waals surface area contributed by atoms with E-state index in [-0.39, 0.29) is 0 Å². The lowest BCUT2D eigenvalue weighted by molar-refractivity contribution is -0.151. The van der Waals surface area contributed by atoms with E-state index < -0.39 is 11.3 Å². The van der Waals surface area contributed by atoms with Gasteiger partial charge in [-0.25, -0.2) is 4.39 Å². The van der Waals surface area contributed by atoms with Crippen LogP contribution in [0.2, 0.25) is 0 Å². The van der Waals surface area contributed by atoms with E-state index in [1.54, 1.807) is 15.9 Å². The van der Waals surface area contributed by atoms with Crippen molar-refractivity contribution in [3.8, 4) is 0 Å². The molecule has 1 atom stereocenters. The van der Waals surface area contributed by atoms with Gasteiger partial charge in [-0.05, 0) is 15.9 Å². The second kappa shape index (κ2) is 1.98. The second-order valence-corrected chi connectivity index (χ2v) is 1.65. The van der Waals surface area contributed by atoms with Crippen LogP contribution < -0.4 is 0 Å². The lowest BCUT2D eigenvalue weighted by Gasteiger charge is -2.02. The molecule has 0 saturated heterocycles. The van der Waals surface area contributed by atoms with Crippen LogP contribution in [0.15, 0.2) is 0 Å². The van der Waals surface area contributed by atoms with Crippen molar-refractivity contribution in [2.75, 3.05) is 0 Å². The van der Waals surface area contributed by atoms with Gasteiger partial charge in [0, 0.05) is 0 Å². The maximum Gasteiger partial charge on any atom is 0.429 e. The normalized spacial score (nSPS) is 16.7. The van der Waals surface area contributed by atoms with E-state index in [9.17, 15) is 17.6 Å². The predicted molar refractivity (Wildman–Crippen MR) is 19.9 cm³/mol. The van der Waals surface area contributed by atoms with Crippen LogP contribution in [0.4, 0.5) is 17.6 Å². The van der Waals surface area contributed by atoms with Crippen molar-refractivity contribution in [2.24, 2.45) is 0 Å². The molecule has 0 aromatic heterocycles. The molecular formula is C2HBrF4. The summed E-state index contributed by atoms with van der Waals surface area (Å²) in [6, 6.07) is 0. The van der Waals surface area contributed by atoms with E-state index in [0.717, 1.165) is 0 Å². The zero-order valence-electron chi connectivity index (χ0n) is 2.97. The summed E-state index contributed by atoms with van der Waals surface area (Å²) in [5.41, 5.74) is 0. The molecule has 0 bridgehead atoms. The fraction of sp³-hybridized carbons (Fsp3) is 1.00. The summed E-state index contributed by atoms with van der Waals surface area (Å²) in [6.07, 6.45) is -4.75. The van der Waals surface area contributed by atoms with Crippen LogP contribution in [-0.4, -0.2) is 11.3 Å². The summed E-state index contributed by atoms with van der Waals surface area (Å²) in [5, 5.41) is -2.89. The first-order chi connectivity index (χ1) is 2.94. The fourth-order valence-corrected chi connectivity index (χ4v) is 0. The molecule has 0 nitrogen and oxygen atoms in total. The maximum absolute atomic E-state index is 11.0. The highest BCUT2D eigenvalue weighted by Gasteiger charge is 2.37. The molecule has 0 aliphatic heterocycles. The van der Waals surface area contributed by atoms with Gasteiger partial charge < -0.3 is 0 Å². The molecule has 44 valence electrons. The van der Waals surface area contributed by atoms with Crippen molar-refractivity contribution >= 4 is 15.9 Å². The Balaban J connectivity index is 3.54. The monoisotopic (exact) mass is 180 g/mol. The zero-order valence-corrected chi connectivity index (χ0v) is 4.55. The average molecular weight is 181 g/mol. The Bertz CT molecular complexity index is 55.2. The SMILES string of the molecule is F[C@H](Br)C(F)(F)F. The molecule has 0 rings (SSSR count). The Morgan fingerprint density at radius 1 is 1.29 bits per heavy atom. The Kier molecular flexibility index (Phi) is 2.04. The minimum absolute atomic E-state index is 1.70. The minimum atomic E-state index is -4.75. The molecule has 0 aliphatic carbocycles. The molecule has 0 heterocycles. The largest absolute Gasteiger partial charge is 0.429 e. The smallest absolute Gasteiger partial charge is 0.225 e. The first-order valence-electron chi connectivity index (χ1n) is 1.29. The molecule has 0 saturated carbocycles. The molecule has 0 unspecified atom stereocenters. The third-order valence-corrected chi connectivity index (χ3v) is 0.767. The summed E-state index contributed by atoms with van der Waals surface area (Å²) >= 11 is 1.70. The standard InChI is InChI=1S/C2HBrF4/c3-1(4)2(5,6)7/h1H/t1-/m0/s1. The summed E-state index contributed by atoms with van der Waals surface area (Å²) in [5.74, 6) is 0. The zero-order chi connectivity index (χ0) is 6.08. The molecule has 0 fully saturated rings. The average Bonchev–Trinajstić information content (AvgIpc) is 1.31. The van der Waals surface area contributed by atoms with Gasteiger partial charge in [0.2, 0.25) is 5.08 Å². The highest BCUT2D eigenvalue weighted by Crippen LogP contribution is 2.26. The third kappa shape index (κ3) is 2.85. The predicted octanol–water partition coefficient (Wildman–Crippen LogP) is 2.24. The first kappa shape index (κ1) is 7.20. The number of rotatable bonds is 0. The number of hydrogen-bond acceptors (Lipinski definition) is 0. The van der Waals surface area contributed by atoms with Gasteiger partial charge in [0.25, 0.3) is 0 Å². The van der Waals surface area contributed by atoms with Crippen LogP contribution in [0.3, 0.4) is 0 Å². The molecule has 0 aliphatic rings. The van der Waals surface area contributed by atoms with Gasteiger partial charge in [-0.1, -0.05) is 0 Å². The van der Waals surface area contributed by atoms with Crippen LogP contribution in [-0.2, 0) is 0 Å². The lowest BCUT2D eigenvalue weighted by atomic mass is 10.8. The van der Waals surface area contributed by atoms with Gasteiger partial charge in [-0.2, -0.15) is 13.2 Å². The summed E-state index contributed by atoms with van der Waals surface area (Å²) < 4.78 is 43.3. The topological polar surface area (TPSA) is 0 Å². The maximum atomic E-state index is 11.0. The molecule has 0 spiro atoms. The number of alkyl halides is 5. The van der Waals surface area contributed by atoms with Gasteiger partial charge in [-0.15, -0.1) is 0 Å². The van der Waals surface area contributed by atoms with Gasteiger partial charge in [0.15, 0.2) is 0 Å². The summed E-state index contributed by atoms with van der Waals surface area (Å²) in [4.78, 5) is 0. The molecule has 0 aromatic rings. The molecule has 0 amide bonds. The molecule has 0 aromatic carbocycles. The van der Waals surface area contributed by atoms with Crippen LogP contribution in [0.25, 0.3) is 0 Å². The van der Waals surface area contributed by atoms with Gasteiger partial charge in [0.1, 0.15) is 0 Å². The first-order valence-corrected chi connectivity index (χ1v) is 2.21. The van der Waals surface area contributed by atoms with Gasteiger partial charge in [0.05, 0.1) is 0 Å². The summed E-state index contributed by atoms with van der Waals surface area (Å²) in [6.45, 7) is 0. The quantitative estimate of drug-likeness (QED) is 0.397. The van der Waals surface area contributed by atoms with Crippen LogP contribution in [0.5, 0.6) is 0 Å². The number of hydrogen-bond donors (Lipinski definition) is 0. The Labute approximate surface area is 45.6 Å². The van der Waals surface area contributed by atoms with E-state index in [1.807, 2.05) is 0 Å². The Morgan fingerprint density at radius 2 is 1.43 bits per heavy atom. The molecule has 5 heteroatoms. The van der Waals surface area contributed by atoms with E-state index in [4.69, 9.17) is 0 Å².